The van der Waals surface area contributed by atoms with Crippen LogP contribution >= 0.6 is 0 Å². The molecule has 0 unspecified atom stereocenters. The highest BCUT2D eigenvalue weighted by Crippen LogP contribution is 2.34. The maximum absolute atomic E-state index is 12.4. The molecule has 0 saturated carbocycles. The normalized spacial score (nSPS) is 17.2. The van der Waals surface area contributed by atoms with E-state index in [4.69, 9.17) is 0 Å². The van der Waals surface area contributed by atoms with Crippen LogP contribution in [0.2, 0.25) is 0 Å². The van der Waals surface area contributed by atoms with Crippen LogP contribution in [0.5, 0.6) is 0 Å². The number of hydrogen-bond donors (Lipinski definition) is 0. The lowest BCUT2D eigenvalue weighted by Crippen LogP contribution is -2.14. The fraction of sp³-hybridized carbons (Fsp3) is 0.556. The third-order valence-electron chi connectivity index (χ3n) is 2.45. The lowest BCUT2D eigenvalue weighted by atomic mass is 10.1. The number of rotatable bonds is 0. The van der Waals surface area contributed by atoms with Crippen molar-refractivity contribution in [1.29, 1.82) is 0 Å². The molecule has 4 heteroatoms. The standard InChI is InChI=1S/C9H10F3N/c10-9(11,12)7-4-6-13-5-2-1-3-8(7)13/h4,6H,1-3,5H2. The van der Waals surface area contributed by atoms with Gasteiger partial charge in [0.1, 0.15) is 0 Å². The smallest absolute Gasteiger partial charge is 0.351 e. The van der Waals surface area contributed by atoms with Gasteiger partial charge in [-0.15, -0.1) is 0 Å². The van der Waals surface area contributed by atoms with Gasteiger partial charge >= 0.3 is 6.18 Å². The molecular formula is C9H10F3N. The van der Waals surface area contributed by atoms with E-state index in [0.29, 0.717) is 12.1 Å². The molecule has 1 aromatic heterocycles. The molecule has 1 nitrogen and oxygen atoms in total. The first-order valence-electron chi connectivity index (χ1n) is 4.34. The Hall–Kier alpha value is -0.930. The van der Waals surface area contributed by atoms with Crippen LogP contribution in [0.15, 0.2) is 12.3 Å². The number of alkyl halides is 3. The largest absolute Gasteiger partial charge is 0.418 e. The first kappa shape index (κ1) is 8.66. The Balaban J connectivity index is 2.43. The van der Waals surface area contributed by atoms with Gasteiger partial charge in [0.25, 0.3) is 0 Å². The van der Waals surface area contributed by atoms with Crippen molar-refractivity contribution in [2.45, 2.75) is 32.0 Å². The van der Waals surface area contributed by atoms with E-state index in [1.54, 1.807) is 4.57 Å². The molecule has 1 aliphatic rings. The van der Waals surface area contributed by atoms with Crippen LogP contribution in [0.25, 0.3) is 0 Å². The van der Waals surface area contributed by atoms with Gasteiger partial charge in [0.05, 0.1) is 5.56 Å². The summed E-state index contributed by atoms with van der Waals surface area (Å²) in [7, 11) is 0. The topological polar surface area (TPSA) is 4.93 Å². The average molecular weight is 189 g/mol. The molecule has 2 heterocycles. The maximum Gasteiger partial charge on any atom is 0.418 e. The van der Waals surface area contributed by atoms with Gasteiger partial charge in [-0.2, -0.15) is 13.2 Å². The Kier molecular flexibility index (Phi) is 1.86. The quantitative estimate of drug-likeness (QED) is 0.591. The van der Waals surface area contributed by atoms with Crippen LogP contribution in [0.3, 0.4) is 0 Å². The summed E-state index contributed by atoms with van der Waals surface area (Å²) in [6, 6.07) is 1.18. The van der Waals surface area contributed by atoms with Gasteiger partial charge in [0.15, 0.2) is 0 Å². The first-order chi connectivity index (χ1) is 6.09. The van der Waals surface area contributed by atoms with Crippen LogP contribution < -0.4 is 0 Å². The zero-order chi connectivity index (χ0) is 9.47. The molecule has 1 aliphatic heterocycles. The molecule has 0 aliphatic carbocycles. The minimum atomic E-state index is -4.18. The number of halogens is 3. The summed E-state index contributed by atoms with van der Waals surface area (Å²) in [4.78, 5) is 0. The molecule has 0 N–H and O–H groups in total. The lowest BCUT2D eigenvalue weighted by molar-refractivity contribution is -0.138. The summed E-state index contributed by atoms with van der Waals surface area (Å²) in [5.41, 5.74) is 0.00551. The Bertz CT molecular complexity index is 311. The van der Waals surface area contributed by atoms with Crippen molar-refractivity contribution in [3.63, 3.8) is 0 Å². The highest BCUT2D eigenvalue weighted by molar-refractivity contribution is 5.26. The molecule has 72 valence electrons. The van der Waals surface area contributed by atoms with E-state index >= 15 is 0 Å². The van der Waals surface area contributed by atoms with Crippen LogP contribution in [-0.2, 0) is 19.1 Å². The van der Waals surface area contributed by atoms with Gasteiger partial charge in [-0.05, 0) is 25.3 Å². The van der Waals surface area contributed by atoms with E-state index in [1.165, 1.54) is 12.3 Å². The summed E-state index contributed by atoms with van der Waals surface area (Å²) in [6.45, 7) is 0.728. The van der Waals surface area contributed by atoms with Gasteiger partial charge in [-0.1, -0.05) is 0 Å². The van der Waals surface area contributed by atoms with Crippen molar-refractivity contribution in [2.24, 2.45) is 0 Å². The molecule has 0 spiro atoms. The highest BCUT2D eigenvalue weighted by atomic mass is 19.4. The van der Waals surface area contributed by atoms with Crippen LogP contribution in [0.1, 0.15) is 24.1 Å². The number of fused-ring (bicyclic) bond motifs is 1. The molecule has 13 heavy (non-hydrogen) atoms. The molecule has 1 aromatic rings. The molecule has 0 radical (unpaired) electrons. The number of aryl methyl sites for hydroxylation is 1. The summed E-state index contributed by atoms with van der Waals surface area (Å²) in [5.74, 6) is 0. The Morgan fingerprint density at radius 3 is 2.69 bits per heavy atom. The SMILES string of the molecule is FC(F)(F)c1ccn2c1CCCC2. The van der Waals surface area contributed by atoms with Gasteiger partial charge < -0.3 is 4.57 Å². The van der Waals surface area contributed by atoms with Crippen LogP contribution in [-0.4, -0.2) is 4.57 Å². The van der Waals surface area contributed by atoms with Gasteiger partial charge in [0.2, 0.25) is 0 Å². The van der Waals surface area contributed by atoms with Gasteiger partial charge in [0, 0.05) is 18.4 Å². The van der Waals surface area contributed by atoms with Crippen molar-refractivity contribution in [3.05, 3.63) is 23.5 Å². The monoisotopic (exact) mass is 189 g/mol. The lowest BCUT2D eigenvalue weighted by Gasteiger charge is -2.17. The molecule has 0 aromatic carbocycles. The zero-order valence-electron chi connectivity index (χ0n) is 7.06. The fourth-order valence-corrected chi connectivity index (χ4v) is 1.83. The molecule has 0 fully saturated rings. The third kappa shape index (κ3) is 1.45. The molecule has 0 atom stereocenters. The van der Waals surface area contributed by atoms with E-state index in [0.717, 1.165) is 19.4 Å². The predicted octanol–water partition coefficient (Wildman–Crippen LogP) is 2.84. The number of hydrogen-bond acceptors (Lipinski definition) is 0. The van der Waals surface area contributed by atoms with E-state index in [9.17, 15) is 13.2 Å². The van der Waals surface area contributed by atoms with Crippen LogP contribution in [0.4, 0.5) is 13.2 Å². The average Bonchev–Trinajstić information content (AvgIpc) is 2.45. The van der Waals surface area contributed by atoms with Crippen molar-refractivity contribution in [1.82, 2.24) is 4.57 Å². The number of aromatic nitrogens is 1. The summed E-state index contributed by atoms with van der Waals surface area (Å²) >= 11 is 0. The second kappa shape index (κ2) is 2.79. The highest BCUT2D eigenvalue weighted by Gasteiger charge is 2.35. The van der Waals surface area contributed by atoms with E-state index < -0.39 is 11.7 Å². The Morgan fingerprint density at radius 2 is 2.00 bits per heavy atom. The minimum Gasteiger partial charge on any atom is -0.351 e. The Labute approximate surface area is 74.2 Å². The van der Waals surface area contributed by atoms with Gasteiger partial charge in [-0.25, -0.2) is 0 Å². The maximum atomic E-state index is 12.4. The molecular weight excluding hydrogens is 179 g/mol. The zero-order valence-corrected chi connectivity index (χ0v) is 7.06. The summed E-state index contributed by atoms with van der Waals surface area (Å²) in [6.07, 6.45) is -0.233. The third-order valence-corrected chi connectivity index (χ3v) is 2.45. The van der Waals surface area contributed by atoms with Crippen molar-refractivity contribution < 1.29 is 13.2 Å². The second-order valence-corrected chi connectivity index (χ2v) is 3.32. The van der Waals surface area contributed by atoms with Crippen molar-refractivity contribution in [3.8, 4) is 0 Å². The number of nitrogens with zero attached hydrogens (tertiary/aromatic N) is 1. The van der Waals surface area contributed by atoms with Gasteiger partial charge in [-0.3, -0.25) is 0 Å². The van der Waals surface area contributed by atoms with Crippen molar-refractivity contribution in [2.75, 3.05) is 0 Å². The van der Waals surface area contributed by atoms with Crippen molar-refractivity contribution >= 4 is 0 Å². The molecule has 0 bridgehead atoms. The first-order valence-corrected chi connectivity index (χ1v) is 4.34. The molecule has 0 saturated heterocycles. The molecule has 2 rings (SSSR count). The van der Waals surface area contributed by atoms with E-state index in [1.807, 2.05) is 0 Å². The predicted molar refractivity (Wildman–Crippen MR) is 42.4 cm³/mol. The van der Waals surface area contributed by atoms with E-state index in [-0.39, 0.29) is 0 Å². The second-order valence-electron chi connectivity index (χ2n) is 3.32. The minimum absolute atomic E-state index is 0.452. The Morgan fingerprint density at radius 1 is 1.23 bits per heavy atom. The summed E-state index contributed by atoms with van der Waals surface area (Å²) in [5, 5.41) is 0. The van der Waals surface area contributed by atoms with E-state index in [2.05, 4.69) is 0 Å². The fourth-order valence-electron chi connectivity index (χ4n) is 1.83. The molecule has 0 amide bonds. The summed E-state index contributed by atoms with van der Waals surface area (Å²) < 4.78 is 38.9. The van der Waals surface area contributed by atoms with Crippen LogP contribution in [0, 0.1) is 0 Å².